The first kappa shape index (κ1) is 14.2. The van der Waals surface area contributed by atoms with Crippen LogP contribution in [0.4, 0.5) is 0 Å². The molecule has 6 heteroatoms. The zero-order valence-corrected chi connectivity index (χ0v) is 12.0. The predicted molar refractivity (Wildman–Crippen MR) is 71.1 cm³/mol. The van der Waals surface area contributed by atoms with Gasteiger partial charge in [-0.3, -0.25) is 4.90 Å². The molecule has 0 spiro atoms. The molecule has 1 aliphatic carbocycles. The number of hydrogen-bond donors (Lipinski definition) is 1. The molecule has 1 aliphatic heterocycles. The largest absolute Gasteiger partial charge is 0.379 e. The van der Waals surface area contributed by atoms with E-state index < -0.39 is 10.0 Å². The summed E-state index contributed by atoms with van der Waals surface area (Å²) in [6.45, 7) is 3.92. The summed E-state index contributed by atoms with van der Waals surface area (Å²) in [6, 6.07) is 0. The molecule has 18 heavy (non-hydrogen) atoms. The first-order valence-corrected chi connectivity index (χ1v) is 8.68. The second kappa shape index (κ2) is 5.86. The fraction of sp³-hybridized carbons (Fsp3) is 1.00. The Morgan fingerprint density at radius 1 is 1.17 bits per heavy atom. The number of hydrogen-bond acceptors (Lipinski definition) is 4. The predicted octanol–water partition coefficient (Wildman–Crippen LogP) is 0.571. The van der Waals surface area contributed by atoms with Crippen LogP contribution >= 0.6 is 0 Å². The lowest BCUT2D eigenvalue weighted by atomic mass is 9.80. The van der Waals surface area contributed by atoms with Crippen molar-refractivity contribution >= 4 is 10.0 Å². The van der Waals surface area contributed by atoms with Gasteiger partial charge in [0.1, 0.15) is 0 Å². The molecule has 0 amide bonds. The molecular formula is C12H24N2O3S. The van der Waals surface area contributed by atoms with Gasteiger partial charge >= 0.3 is 0 Å². The lowest BCUT2D eigenvalue weighted by Gasteiger charge is -2.48. The van der Waals surface area contributed by atoms with Crippen LogP contribution in [0.15, 0.2) is 0 Å². The van der Waals surface area contributed by atoms with E-state index >= 15 is 0 Å². The summed E-state index contributed by atoms with van der Waals surface area (Å²) in [7, 11) is -3.11. The lowest BCUT2D eigenvalue weighted by molar-refractivity contribution is -0.0348. The summed E-state index contributed by atoms with van der Waals surface area (Å²) < 4.78 is 30.8. The Kier molecular flexibility index (Phi) is 4.64. The summed E-state index contributed by atoms with van der Waals surface area (Å²) >= 11 is 0. The van der Waals surface area contributed by atoms with Crippen molar-refractivity contribution < 1.29 is 13.2 Å². The Morgan fingerprint density at radius 3 is 2.33 bits per heavy atom. The van der Waals surface area contributed by atoms with Gasteiger partial charge in [0, 0.05) is 25.2 Å². The van der Waals surface area contributed by atoms with Crippen LogP contribution in [0.5, 0.6) is 0 Å². The van der Waals surface area contributed by atoms with Crippen molar-refractivity contribution in [1.82, 2.24) is 9.62 Å². The SMILES string of the molecule is CS(=O)(=O)NCC1(N2CCOCC2)CCCCC1. The van der Waals surface area contributed by atoms with Crippen molar-refractivity contribution in [2.45, 2.75) is 37.6 Å². The summed E-state index contributed by atoms with van der Waals surface area (Å²) in [5, 5.41) is 0. The minimum absolute atomic E-state index is 0.0190. The molecule has 1 saturated heterocycles. The van der Waals surface area contributed by atoms with E-state index in [9.17, 15) is 8.42 Å². The molecule has 1 saturated carbocycles. The third-order valence-corrected chi connectivity index (χ3v) is 4.80. The fourth-order valence-corrected chi connectivity index (χ4v) is 3.65. The maximum absolute atomic E-state index is 11.3. The summed E-state index contributed by atoms with van der Waals surface area (Å²) in [5.74, 6) is 0. The molecule has 0 aromatic carbocycles. The number of nitrogens with zero attached hydrogens (tertiary/aromatic N) is 1. The highest BCUT2D eigenvalue weighted by Gasteiger charge is 2.38. The Hall–Kier alpha value is -0.170. The fourth-order valence-electron chi connectivity index (χ4n) is 3.12. The van der Waals surface area contributed by atoms with Gasteiger partial charge in [0.05, 0.1) is 19.5 Å². The number of ether oxygens (including phenoxy) is 1. The zero-order valence-electron chi connectivity index (χ0n) is 11.2. The maximum atomic E-state index is 11.3. The molecule has 1 heterocycles. The van der Waals surface area contributed by atoms with Gasteiger partial charge in [-0.25, -0.2) is 13.1 Å². The molecule has 1 N–H and O–H groups in total. The normalized spacial score (nSPS) is 26.1. The van der Waals surface area contributed by atoms with Gasteiger partial charge in [-0.05, 0) is 12.8 Å². The second-order valence-electron chi connectivity index (χ2n) is 5.48. The summed E-state index contributed by atoms with van der Waals surface area (Å²) in [4.78, 5) is 2.44. The number of rotatable bonds is 4. The molecule has 0 aromatic rings. The molecule has 2 rings (SSSR count). The van der Waals surface area contributed by atoms with Gasteiger partial charge in [0.25, 0.3) is 0 Å². The van der Waals surface area contributed by atoms with E-state index in [2.05, 4.69) is 9.62 Å². The number of sulfonamides is 1. The minimum Gasteiger partial charge on any atom is -0.379 e. The Bertz CT molecular complexity index is 358. The molecule has 2 aliphatic rings. The smallest absolute Gasteiger partial charge is 0.208 e. The average molecular weight is 276 g/mol. The van der Waals surface area contributed by atoms with Gasteiger partial charge in [0.2, 0.25) is 10.0 Å². The number of nitrogens with one attached hydrogen (secondary N) is 1. The topological polar surface area (TPSA) is 58.6 Å². The second-order valence-corrected chi connectivity index (χ2v) is 7.31. The highest BCUT2D eigenvalue weighted by molar-refractivity contribution is 7.88. The van der Waals surface area contributed by atoms with Crippen LogP contribution in [-0.4, -0.2) is 58.0 Å². The third-order valence-electron chi connectivity index (χ3n) is 4.13. The quantitative estimate of drug-likeness (QED) is 0.815. The van der Waals surface area contributed by atoms with Crippen molar-refractivity contribution in [3.8, 4) is 0 Å². The van der Waals surface area contributed by atoms with Crippen LogP contribution in [0.25, 0.3) is 0 Å². The van der Waals surface area contributed by atoms with E-state index in [0.717, 1.165) is 39.1 Å². The molecule has 2 fully saturated rings. The van der Waals surface area contributed by atoms with Crippen LogP contribution in [0.3, 0.4) is 0 Å². The summed E-state index contributed by atoms with van der Waals surface area (Å²) in [6.07, 6.45) is 7.09. The highest BCUT2D eigenvalue weighted by atomic mass is 32.2. The first-order chi connectivity index (χ1) is 8.52. The van der Waals surface area contributed by atoms with Crippen molar-refractivity contribution in [2.75, 3.05) is 39.1 Å². The van der Waals surface area contributed by atoms with Crippen molar-refractivity contribution in [1.29, 1.82) is 0 Å². The van der Waals surface area contributed by atoms with Crippen LogP contribution in [0.1, 0.15) is 32.1 Å². The molecular weight excluding hydrogens is 252 g/mol. The monoisotopic (exact) mass is 276 g/mol. The average Bonchev–Trinajstić information content (AvgIpc) is 2.38. The highest BCUT2D eigenvalue weighted by Crippen LogP contribution is 2.33. The molecule has 0 radical (unpaired) electrons. The Labute approximate surface area is 110 Å². The molecule has 5 nitrogen and oxygen atoms in total. The zero-order chi connectivity index (χ0) is 13.1. The Balaban J connectivity index is 2.06. The standard InChI is InChI=1S/C12H24N2O3S/c1-18(15,16)13-11-12(5-3-2-4-6-12)14-7-9-17-10-8-14/h13H,2-11H2,1H3. The van der Waals surface area contributed by atoms with E-state index in [1.54, 1.807) is 0 Å². The summed E-state index contributed by atoms with van der Waals surface area (Å²) in [5.41, 5.74) is 0.0190. The maximum Gasteiger partial charge on any atom is 0.208 e. The van der Waals surface area contributed by atoms with Crippen LogP contribution in [0.2, 0.25) is 0 Å². The van der Waals surface area contributed by atoms with Gasteiger partial charge in [0.15, 0.2) is 0 Å². The van der Waals surface area contributed by atoms with Gasteiger partial charge in [-0.2, -0.15) is 0 Å². The van der Waals surface area contributed by atoms with Crippen LogP contribution in [0, 0.1) is 0 Å². The molecule has 0 aromatic heterocycles. The van der Waals surface area contributed by atoms with Crippen LogP contribution in [-0.2, 0) is 14.8 Å². The van der Waals surface area contributed by atoms with E-state index in [1.165, 1.54) is 25.5 Å². The number of morpholine rings is 1. The Morgan fingerprint density at radius 2 is 1.78 bits per heavy atom. The van der Waals surface area contributed by atoms with Crippen molar-refractivity contribution in [2.24, 2.45) is 0 Å². The van der Waals surface area contributed by atoms with Crippen molar-refractivity contribution in [3.05, 3.63) is 0 Å². The van der Waals surface area contributed by atoms with E-state index in [-0.39, 0.29) is 5.54 Å². The molecule has 0 bridgehead atoms. The molecule has 106 valence electrons. The molecule has 0 atom stereocenters. The van der Waals surface area contributed by atoms with E-state index in [1.807, 2.05) is 0 Å². The lowest BCUT2D eigenvalue weighted by Crippen LogP contribution is -2.59. The first-order valence-electron chi connectivity index (χ1n) is 6.79. The van der Waals surface area contributed by atoms with Gasteiger partial charge in [-0.1, -0.05) is 19.3 Å². The minimum atomic E-state index is -3.11. The van der Waals surface area contributed by atoms with Gasteiger partial charge in [-0.15, -0.1) is 0 Å². The van der Waals surface area contributed by atoms with E-state index in [4.69, 9.17) is 4.74 Å². The van der Waals surface area contributed by atoms with E-state index in [0.29, 0.717) is 6.54 Å². The third kappa shape index (κ3) is 3.66. The van der Waals surface area contributed by atoms with Gasteiger partial charge < -0.3 is 4.74 Å². The van der Waals surface area contributed by atoms with Crippen LogP contribution < -0.4 is 4.72 Å². The molecule has 0 unspecified atom stereocenters. The van der Waals surface area contributed by atoms with Crippen molar-refractivity contribution in [3.63, 3.8) is 0 Å².